The number of nitrogens with one attached hydrogen (secondary N) is 2. The van der Waals surface area contributed by atoms with Crippen LogP contribution in [0.25, 0.3) is 6.08 Å². The third kappa shape index (κ3) is 5.77. The van der Waals surface area contributed by atoms with E-state index in [1.54, 1.807) is 55.0 Å². The number of amides is 2. The van der Waals surface area contributed by atoms with Crippen molar-refractivity contribution < 1.29 is 19.1 Å². The Bertz CT molecular complexity index is 907. The lowest BCUT2D eigenvalue weighted by atomic mass is 10.1. The van der Waals surface area contributed by atoms with Crippen molar-refractivity contribution in [3.8, 4) is 11.5 Å². The summed E-state index contributed by atoms with van der Waals surface area (Å²) < 4.78 is 10.4. The molecule has 0 saturated heterocycles. The van der Waals surface area contributed by atoms with Crippen molar-refractivity contribution in [2.45, 2.75) is 0 Å². The second-order valence-electron chi connectivity index (χ2n) is 5.34. The van der Waals surface area contributed by atoms with Gasteiger partial charge in [-0.25, -0.2) is 10.9 Å². The molecule has 2 aromatic rings. The van der Waals surface area contributed by atoms with E-state index in [9.17, 15) is 14.5 Å². The van der Waals surface area contributed by atoms with E-state index in [-0.39, 0.29) is 0 Å². The van der Waals surface area contributed by atoms with E-state index in [4.69, 9.17) is 9.47 Å². The van der Waals surface area contributed by atoms with Crippen LogP contribution in [0.3, 0.4) is 0 Å². The number of nitroso groups, excluding NO2 is 1. The average Bonchev–Trinajstić information content (AvgIpc) is 2.72. The zero-order chi connectivity index (χ0) is 20.4. The number of methoxy groups -OCH3 is 2. The molecular formula is C19H18N4O5. The predicted octanol–water partition coefficient (Wildman–Crippen LogP) is 2.28. The van der Waals surface area contributed by atoms with Crippen LogP contribution in [-0.4, -0.2) is 32.2 Å². The number of nitrogens with zero attached hydrogens (tertiary/aromatic N) is 2. The fourth-order valence-corrected chi connectivity index (χ4v) is 2.16. The van der Waals surface area contributed by atoms with Crippen LogP contribution in [0.2, 0.25) is 0 Å². The van der Waals surface area contributed by atoms with E-state index in [1.807, 2.05) is 0 Å². The molecule has 0 aliphatic rings. The van der Waals surface area contributed by atoms with Crippen LogP contribution in [0.1, 0.15) is 21.5 Å². The van der Waals surface area contributed by atoms with Crippen LogP contribution in [0.5, 0.6) is 11.5 Å². The highest BCUT2D eigenvalue weighted by Crippen LogP contribution is 2.26. The van der Waals surface area contributed by atoms with Crippen molar-refractivity contribution in [3.63, 3.8) is 0 Å². The van der Waals surface area contributed by atoms with Gasteiger partial charge >= 0.3 is 0 Å². The minimum atomic E-state index is -0.638. The van der Waals surface area contributed by atoms with Gasteiger partial charge in [-0.2, -0.15) is 5.10 Å². The van der Waals surface area contributed by atoms with Crippen LogP contribution in [0, 0.1) is 4.91 Å². The number of carbonyl (C=O) groups is 2. The number of hydrogen-bond acceptors (Lipinski definition) is 7. The number of ether oxygens (including phenoxy) is 2. The summed E-state index contributed by atoms with van der Waals surface area (Å²) in [6.45, 7) is 0. The van der Waals surface area contributed by atoms with Gasteiger partial charge in [-0.1, -0.05) is 12.1 Å². The third-order valence-electron chi connectivity index (χ3n) is 3.54. The number of carbonyl (C=O) groups excluding carboxylic acids is 2. The molecule has 2 aromatic carbocycles. The normalized spacial score (nSPS) is 10.6. The fraction of sp³-hybridized carbons (Fsp3) is 0.105. The van der Waals surface area contributed by atoms with Crippen molar-refractivity contribution in [1.82, 2.24) is 10.9 Å². The number of rotatable bonds is 8. The molecular weight excluding hydrogens is 364 g/mol. The maximum atomic E-state index is 12.1. The molecule has 2 N–H and O–H groups in total. The quantitative estimate of drug-likeness (QED) is 0.314. The monoisotopic (exact) mass is 382 g/mol. The SMILES string of the molecule is COc1ccc(/C=N/NC(=O)c2ccc(/C=C/C(=O)NN=O)cc2)cc1OC. The molecule has 0 aromatic heterocycles. The van der Waals surface area contributed by atoms with Crippen LogP contribution in [0.15, 0.2) is 58.9 Å². The molecule has 0 radical (unpaired) electrons. The van der Waals surface area contributed by atoms with Gasteiger partial charge in [0.05, 0.1) is 25.7 Å². The summed E-state index contributed by atoms with van der Waals surface area (Å²) in [4.78, 5) is 33.1. The Morgan fingerprint density at radius 1 is 0.929 bits per heavy atom. The summed E-state index contributed by atoms with van der Waals surface area (Å²) >= 11 is 0. The first-order valence-corrected chi connectivity index (χ1v) is 8.03. The van der Waals surface area contributed by atoms with Crippen LogP contribution >= 0.6 is 0 Å². The Morgan fingerprint density at radius 2 is 1.61 bits per heavy atom. The molecule has 0 spiro atoms. The molecule has 0 saturated carbocycles. The van der Waals surface area contributed by atoms with Gasteiger partial charge in [-0.3, -0.25) is 9.59 Å². The minimum Gasteiger partial charge on any atom is -0.493 e. The smallest absolute Gasteiger partial charge is 0.271 e. The summed E-state index contributed by atoms with van der Waals surface area (Å²) in [6, 6.07) is 11.7. The lowest BCUT2D eigenvalue weighted by Crippen LogP contribution is -2.17. The molecule has 0 unspecified atom stereocenters. The lowest BCUT2D eigenvalue weighted by Gasteiger charge is -2.07. The second-order valence-corrected chi connectivity index (χ2v) is 5.34. The maximum absolute atomic E-state index is 12.1. The van der Waals surface area contributed by atoms with E-state index in [0.717, 1.165) is 11.6 Å². The number of hydrazone groups is 1. The van der Waals surface area contributed by atoms with Gasteiger partial charge < -0.3 is 9.47 Å². The predicted molar refractivity (Wildman–Crippen MR) is 104 cm³/mol. The molecule has 9 nitrogen and oxygen atoms in total. The maximum Gasteiger partial charge on any atom is 0.271 e. The minimum absolute atomic E-state index is 0.389. The molecule has 2 rings (SSSR count). The lowest BCUT2D eigenvalue weighted by molar-refractivity contribution is -0.116. The van der Waals surface area contributed by atoms with E-state index in [1.165, 1.54) is 19.4 Å². The van der Waals surface area contributed by atoms with E-state index < -0.39 is 11.8 Å². The van der Waals surface area contributed by atoms with Crippen LogP contribution in [-0.2, 0) is 4.79 Å². The van der Waals surface area contributed by atoms with Crippen LogP contribution < -0.4 is 20.3 Å². The van der Waals surface area contributed by atoms with Gasteiger partial charge in [0.1, 0.15) is 0 Å². The van der Waals surface area contributed by atoms with Crippen molar-refractivity contribution in [2.24, 2.45) is 10.4 Å². The Kier molecular flexibility index (Phi) is 7.41. The highest BCUT2D eigenvalue weighted by atomic mass is 16.5. The second kappa shape index (κ2) is 10.2. The van der Waals surface area contributed by atoms with Gasteiger partial charge in [-0.05, 0) is 47.5 Å². The third-order valence-corrected chi connectivity index (χ3v) is 3.54. The summed E-state index contributed by atoms with van der Waals surface area (Å²) in [5.74, 6) is 0.119. The first-order chi connectivity index (χ1) is 13.6. The van der Waals surface area contributed by atoms with E-state index >= 15 is 0 Å². The Hall–Kier alpha value is -4.01. The molecule has 0 aliphatic carbocycles. The van der Waals surface area contributed by atoms with E-state index in [2.05, 4.69) is 15.8 Å². The van der Waals surface area contributed by atoms with E-state index in [0.29, 0.717) is 22.6 Å². The summed E-state index contributed by atoms with van der Waals surface area (Å²) in [5.41, 5.74) is 5.96. The molecule has 0 fully saturated rings. The molecule has 0 bridgehead atoms. The summed E-state index contributed by atoms with van der Waals surface area (Å²) in [6.07, 6.45) is 4.12. The van der Waals surface area contributed by atoms with Crippen molar-refractivity contribution in [2.75, 3.05) is 14.2 Å². The zero-order valence-electron chi connectivity index (χ0n) is 15.2. The fourth-order valence-electron chi connectivity index (χ4n) is 2.16. The highest BCUT2D eigenvalue weighted by molar-refractivity contribution is 5.95. The van der Waals surface area contributed by atoms with Crippen molar-refractivity contribution in [3.05, 3.63) is 70.1 Å². The van der Waals surface area contributed by atoms with Crippen molar-refractivity contribution >= 4 is 24.1 Å². The first kappa shape index (κ1) is 20.3. The highest BCUT2D eigenvalue weighted by Gasteiger charge is 2.05. The van der Waals surface area contributed by atoms with Gasteiger partial charge in [0.25, 0.3) is 11.8 Å². The molecule has 0 aliphatic heterocycles. The average molecular weight is 382 g/mol. The molecule has 9 heteroatoms. The standard InChI is InChI=1S/C19H18N4O5/c1-27-16-9-5-14(11-17(16)28-2)12-20-22-19(25)15-7-3-13(4-8-15)6-10-18(24)21-23-26/h3-12H,1-2H3,(H,22,25)(H,21,24,26)/b10-6+,20-12+. The largest absolute Gasteiger partial charge is 0.493 e. The van der Waals surface area contributed by atoms with Crippen LogP contribution in [0.4, 0.5) is 0 Å². The first-order valence-electron chi connectivity index (χ1n) is 8.03. The zero-order valence-corrected chi connectivity index (χ0v) is 15.2. The Balaban J connectivity index is 1.96. The van der Waals surface area contributed by atoms with Gasteiger partial charge in [0.2, 0.25) is 0 Å². The van der Waals surface area contributed by atoms with Gasteiger partial charge in [0, 0.05) is 11.6 Å². The molecule has 0 atom stereocenters. The molecule has 0 heterocycles. The summed E-state index contributed by atoms with van der Waals surface area (Å²) in [5, 5.41) is 6.20. The molecule has 2 amide bonds. The van der Waals surface area contributed by atoms with Gasteiger partial charge in [0.15, 0.2) is 11.5 Å². The Labute approximate surface area is 161 Å². The molecule has 144 valence electrons. The van der Waals surface area contributed by atoms with Crippen molar-refractivity contribution in [1.29, 1.82) is 0 Å². The Morgan fingerprint density at radius 3 is 2.25 bits per heavy atom. The summed E-state index contributed by atoms with van der Waals surface area (Å²) in [7, 11) is 3.08. The molecule has 28 heavy (non-hydrogen) atoms. The number of hydrogen-bond donors (Lipinski definition) is 2. The van der Waals surface area contributed by atoms with Gasteiger partial charge in [-0.15, -0.1) is 4.91 Å². The number of benzene rings is 2. The topological polar surface area (TPSA) is 118 Å².